The van der Waals surface area contributed by atoms with E-state index in [1.807, 2.05) is 6.92 Å². The van der Waals surface area contributed by atoms with Crippen LogP contribution in [0.25, 0.3) is 0 Å². The number of hydrogen-bond donors (Lipinski definition) is 1. The highest BCUT2D eigenvalue weighted by Gasteiger charge is 2.37. The molecule has 1 aromatic rings. The number of hydrogen-bond acceptors (Lipinski definition) is 2. The smallest absolute Gasteiger partial charge is 0.325 e. The molecule has 1 aliphatic heterocycles. The summed E-state index contributed by atoms with van der Waals surface area (Å²) in [5.41, 5.74) is 0.773. The van der Waals surface area contributed by atoms with Crippen molar-refractivity contribution in [3.63, 3.8) is 0 Å². The summed E-state index contributed by atoms with van der Waals surface area (Å²) in [4.78, 5) is 25.0. The van der Waals surface area contributed by atoms with Crippen molar-refractivity contribution in [3.8, 4) is 0 Å². The first-order valence-electron chi connectivity index (χ1n) is 6.08. The molecule has 0 spiro atoms. The number of carbonyl (C=O) groups is 2. The summed E-state index contributed by atoms with van der Waals surface area (Å²) in [5.74, 6) is -0.182. The Morgan fingerprint density at radius 1 is 1.26 bits per heavy atom. The van der Waals surface area contributed by atoms with Crippen molar-refractivity contribution in [1.29, 1.82) is 0 Å². The average molecular weight is 301 g/mol. The first-order valence-corrected chi connectivity index (χ1v) is 6.84. The molecule has 0 aliphatic carbocycles. The van der Waals surface area contributed by atoms with Gasteiger partial charge in [-0.3, -0.25) is 9.69 Å². The van der Waals surface area contributed by atoms with E-state index in [0.29, 0.717) is 16.5 Å². The van der Waals surface area contributed by atoms with E-state index in [1.165, 1.54) is 4.90 Å². The number of rotatable bonds is 4. The number of urea groups is 1. The minimum Gasteiger partial charge on any atom is -0.326 e. The van der Waals surface area contributed by atoms with Crippen molar-refractivity contribution >= 4 is 35.1 Å². The van der Waals surface area contributed by atoms with Gasteiger partial charge in [-0.25, -0.2) is 4.79 Å². The monoisotopic (exact) mass is 300 g/mol. The third kappa shape index (κ3) is 3.01. The third-order valence-electron chi connectivity index (χ3n) is 3.01. The molecule has 1 aliphatic rings. The first-order chi connectivity index (χ1) is 9.02. The van der Waals surface area contributed by atoms with Crippen molar-refractivity contribution < 1.29 is 9.59 Å². The Labute approximate surface area is 121 Å². The summed E-state index contributed by atoms with van der Waals surface area (Å²) in [6.07, 6.45) is 1.50. The molecule has 1 unspecified atom stereocenters. The van der Waals surface area contributed by atoms with E-state index in [4.69, 9.17) is 23.2 Å². The van der Waals surface area contributed by atoms with Gasteiger partial charge in [-0.05, 0) is 24.1 Å². The molecule has 6 heteroatoms. The van der Waals surface area contributed by atoms with Crippen molar-refractivity contribution in [2.45, 2.75) is 32.4 Å². The van der Waals surface area contributed by atoms with Crippen molar-refractivity contribution in [2.24, 2.45) is 0 Å². The maximum atomic E-state index is 12.0. The molecule has 1 aromatic carbocycles. The normalized spacial score (nSPS) is 18.9. The second-order valence-electron chi connectivity index (χ2n) is 4.46. The van der Waals surface area contributed by atoms with Gasteiger partial charge in [0, 0.05) is 0 Å². The first kappa shape index (κ1) is 14.2. The quantitative estimate of drug-likeness (QED) is 0.868. The molecule has 102 valence electrons. The van der Waals surface area contributed by atoms with Crippen LogP contribution < -0.4 is 5.32 Å². The number of carbonyl (C=O) groups excluding carboxylic acids is 2. The highest BCUT2D eigenvalue weighted by Crippen LogP contribution is 2.24. The Balaban J connectivity index is 2.12. The van der Waals surface area contributed by atoms with Gasteiger partial charge in [-0.2, -0.15) is 0 Å². The van der Waals surface area contributed by atoms with Crippen LogP contribution in [-0.4, -0.2) is 22.9 Å². The highest BCUT2D eigenvalue weighted by molar-refractivity contribution is 6.42. The molecule has 0 bridgehead atoms. The summed E-state index contributed by atoms with van der Waals surface area (Å²) in [6.45, 7) is 2.18. The van der Waals surface area contributed by atoms with Crippen LogP contribution in [0.1, 0.15) is 25.3 Å². The molecule has 1 N–H and O–H groups in total. The van der Waals surface area contributed by atoms with E-state index in [9.17, 15) is 9.59 Å². The van der Waals surface area contributed by atoms with Crippen LogP contribution in [0.3, 0.4) is 0 Å². The Morgan fingerprint density at radius 2 is 2.00 bits per heavy atom. The SMILES string of the molecule is CCCC1NC(=O)N(Cc2ccc(Cl)c(Cl)c2)C1=O. The van der Waals surface area contributed by atoms with E-state index in [-0.39, 0.29) is 18.5 Å². The molecule has 4 nitrogen and oxygen atoms in total. The lowest BCUT2D eigenvalue weighted by molar-refractivity contribution is -0.128. The van der Waals surface area contributed by atoms with Crippen LogP contribution in [-0.2, 0) is 11.3 Å². The minimum atomic E-state index is -0.403. The van der Waals surface area contributed by atoms with Crippen LogP contribution >= 0.6 is 23.2 Å². The molecule has 0 aromatic heterocycles. The summed E-state index contributed by atoms with van der Waals surface area (Å²) < 4.78 is 0. The standard InChI is InChI=1S/C13H14Cl2N2O2/c1-2-3-11-12(18)17(13(19)16-11)7-8-4-5-9(14)10(15)6-8/h4-6,11H,2-3,7H2,1H3,(H,16,19). The number of nitrogens with zero attached hydrogens (tertiary/aromatic N) is 1. The average Bonchev–Trinajstić information content (AvgIpc) is 2.62. The zero-order valence-corrected chi connectivity index (χ0v) is 12.0. The summed E-state index contributed by atoms with van der Waals surface area (Å²) in [7, 11) is 0. The lowest BCUT2D eigenvalue weighted by atomic mass is 10.1. The Morgan fingerprint density at radius 3 is 2.63 bits per heavy atom. The molecule has 0 saturated carbocycles. The zero-order chi connectivity index (χ0) is 14.0. The van der Waals surface area contributed by atoms with Gasteiger partial charge >= 0.3 is 6.03 Å². The molecule has 1 heterocycles. The van der Waals surface area contributed by atoms with Crippen LogP contribution in [0.15, 0.2) is 18.2 Å². The summed E-state index contributed by atoms with van der Waals surface area (Å²) in [6, 6.07) is 4.32. The second-order valence-corrected chi connectivity index (χ2v) is 5.28. The van der Waals surface area contributed by atoms with E-state index < -0.39 is 6.04 Å². The number of amides is 3. The lowest BCUT2D eigenvalue weighted by Gasteiger charge is -2.13. The summed E-state index contributed by atoms with van der Waals surface area (Å²) in [5, 5.41) is 3.54. The molecule has 1 saturated heterocycles. The van der Waals surface area contributed by atoms with Gasteiger partial charge < -0.3 is 5.32 Å². The molecule has 1 atom stereocenters. The maximum Gasteiger partial charge on any atom is 0.325 e. The molecular weight excluding hydrogens is 287 g/mol. The minimum absolute atomic E-state index is 0.182. The van der Waals surface area contributed by atoms with Crippen molar-refractivity contribution in [2.75, 3.05) is 0 Å². The van der Waals surface area contributed by atoms with E-state index in [2.05, 4.69) is 5.32 Å². The maximum absolute atomic E-state index is 12.0. The summed E-state index contributed by atoms with van der Waals surface area (Å²) >= 11 is 11.7. The van der Waals surface area contributed by atoms with Crippen molar-refractivity contribution in [3.05, 3.63) is 33.8 Å². The van der Waals surface area contributed by atoms with Crippen molar-refractivity contribution in [1.82, 2.24) is 10.2 Å². The van der Waals surface area contributed by atoms with E-state index in [1.54, 1.807) is 18.2 Å². The largest absolute Gasteiger partial charge is 0.326 e. The number of benzene rings is 1. The van der Waals surface area contributed by atoms with Crippen LogP contribution in [0.2, 0.25) is 10.0 Å². The fraction of sp³-hybridized carbons (Fsp3) is 0.385. The van der Waals surface area contributed by atoms with Crippen LogP contribution in [0, 0.1) is 0 Å². The van der Waals surface area contributed by atoms with E-state index in [0.717, 1.165) is 12.0 Å². The number of imide groups is 1. The van der Waals surface area contributed by atoms with Crippen LogP contribution in [0.5, 0.6) is 0 Å². The Bertz CT molecular complexity index is 519. The molecule has 0 radical (unpaired) electrons. The van der Waals surface area contributed by atoms with Crippen LogP contribution in [0.4, 0.5) is 4.79 Å². The highest BCUT2D eigenvalue weighted by atomic mass is 35.5. The zero-order valence-electron chi connectivity index (χ0n) is 10.5. The molecule has 19 heavy (non-hydrogen) atoms. The third-order valence-corrected chi connectivity index (χ3v) is 3.75. The molecular formula is C13H14Cl2N2O2. The Kier molecular flexibility index (Phi) is 4.32. The van der Waals surface area contributed by atoms with E-state index >= 15 is 0 Å². The predicted molar refractivity (Wildman–Crippen MR) is 74.2 cm³/mol. The Hall–Kier alpha value is -1.26. The molecule has 1 fully saturated rings. The number of nitrogens with one attached hydrogen (secondary N) is 1. The topological polar surface area (TPSA) is 49.4 Å². The van der Waals surface area contributed by atoms with Gasteiger partial charge in [0.2, 0.25) is 0 Å². The van der Waals surface area contributed by atoms with Gasteiger partial charge in [0.25, 0.3) is 5.91 Å². The van der Waals surface area contributed by atoms with Gasteiger partial charge in [0.15, 0.2) is 0 Å². The molecule has 2 rings (SSSR count). The lowest BCUT2D eigenvalue weighted by Crippen LogP contribution is -2.30. The second kappa shape index (κ2) is 5.80. The number of halogens is 2. The van der Waals surface area contributed by atoms with Gasteiger partial charge in [-0.1, -0.05) is 42.6 Å². The van der Waals surface area contributed by atoms with Gasteiger partial charge in [-0.15, -0.1) is 0 Å². The van der Waals surface area contributed by atoms with Gasteiger partial charge in [0.05, 0.1) is 16.6 Å². The predicted octanol–water partition coefficient (Wildman–Crippen LogP) is 3.21. The fourth-order valence-corrected chi connectivity index (χ4v) is 2.35. The van der Waals surface area contributed by atoms with Gasteiger partial charge in [0.1, 0.15) is 6.04 Å². The fourth-order valence-electron chi connectivity index (χ4n) is 2.03. The molecule has 3 amide bonds.